The first kappa shape index (κ1) is 15.5. The van der Waals surface area contributed by atoms with Gasteiger partial charge in [0.1, 0.15) is 17.6 Å². The number of hydrogen-bond donors (Lipinski definition) is 4. The Morgan fingerprint density at radius 2 is 1.56 bits per heavy atom. The summed E-state index contributed by atoms with van der Waals surface area (Å²) in [4.78, 5) is 37.6. The average Bonchev–Trinajstić information content (AvgIpc) is 2.56. The highest BCUT2D eigenvalue weighted by Crippen LogP contribution is 2.44. The maximum atomic E-state index is 12.7. The molecule has 0 fully saturated rings. The molecule has 2 aliphatic rings. The van der Waals surface area contributed by atoms with Gasteiger partial charge in [0.05, 0.1) is 17.2 Å². The van der Waals surface area contributed by atoms with Gasteiger partial charge >= 0.3 is 0 Å². The fourth-order valence-corrected chi connectivity index (χ4v) is 3.49. The summed E-state index contributed by atoms with van der Waals surface area (Å²) in [5.74, 6) is -3.21. The number of phenolic OH excluding ortho intramolecular Hbond substituents is 2. The molecule has 7 heteroatoms. The molecule has 25 heavy (non-hydrogen) atoms. The molecular formula is C18H12O7. The topological polar surface area (TPSA) is 132 Å². The predicted octanol–water partition coefficient (Wildman–Crippen LogP) is 0.854. The molecule has 0 saturated heterocycles. The van der Waals surface area contributed by atoms with Crippen molar-refractivity contribution in [1.82, 2.24) is 0 Å². The van der Waals surface area contributed by atoms with Crippen molar-refractivity contribution in [1.29, 1.82) is 0 Å². The van der Waals surface area contributed by atoms with Crippen LogP contribution in [0.4, 0.5) is 0 Å². The summed E-state index contributed by atoms with van der Waals surface area (Å²) in [6.07, 6.45) is -3.13. The molecule has 7 nitrogen and oxygen atoms in total. The highest BCUT2D eigenvalue weighted by atomic mass is 16.3. The van der Waals surface area contributed by atoms with Gasteiger partial charge in [0.2, 0.25) is 5.78 Å². The van der Waals surface area contributed by atoms with Crippen molar-refractivity contribution in [3.63, 3.8) is 0 Å². The maximum Gasteiger partial charge on any atom is 0.201 e. The minimum atomic E-state index is -1.45. The molecule has 0 aliphatic heterocycles. The van der Waals surface area contributed by atoms with Crippen molar-refractivity contribution in [2.75, 3.05) is 0 Å². The third-order valence-corrected chi connectivity index (χ3v) is 4.67. The van der Waals surface area contributed by atoms with Crippen LogP contribution in [0.25, 0.3) is 0 Å². The van der Waals surface area contributed by atoms with Gasteiger partial charge in [-0.15, -0.1) is 0 Å². The van der Waals surface area contributed by atoms with Gasteiger partial charge in [-0.05, 0) is 12.1 Å². The van der Waals surface area contributed by atoms with Gasteiger partial charge in [-0.3, -0.25) is 14.4 Å². The normalized spacial score (nSPS) is 21.6. The summed E-state index contributed by atoms with van der Waals surface area (Å²) in [5, 5.41) is 40.3. The molecule has 0 amide bonds. The van der Waals surface area contributed by atoms with Gasteiger partial charge in [-0.1, -0.05) is 12.1 Å². The van der Waals surface area contributed by atoms with Gasteiger partial charge in [0.25, 0.3) is 0 Å². The molecule has 4 rings (SSSR count). The Bertz CT molecular complexity index is 989. The predicted molar refractivity (Wildman–Crippen MR) is 83.0 cm³/mol. The van der Waals surface area contributed by atoms with Crippen molar-refractivity contribution < 1.29 is 34.8 Å². The lowest BCUT2D eigenvalue weighted by atomic mass is 9.77. The van der Waals surface area contributed by atoms with Gasteiger partial charge in [0, 0.05) is 28.7 Å². The third kappa shape index (κ3) is 1.90. The number of carbonyl (C=O) groups is 3. The second kappa shape index (κ2) is 4.98. The number of aromatic hydroxyl groups is 2. The van der Waals surface area contributed by atoms with Crippen molar-refractivity contribution >= 4 is 17.3 Å². The van der Waals surface area contributed by atoms with Crippen LogP contribution in [-0.2, 0) is 0 Å². The van der Waals surface area contributed by atoms with E-state index in [0.717, 1.165) is 6.07 Å². The van der Waals surface area contributed by atoms with E-state index < -0.39 is 41.1 Å². The smallest absolute Gasteiger partial charge is 0.201 e. The Hall–Kier alpha value is -3.03. The number of benzene rings is 2. The second-order valence-corrected chi connectivity index (χ2v) is 6.10. The van der Waals surface area contributed by atoms with E-state index in [2.05, 4.69) is 0 Å². The number of carbonyl (C=O) groups excluding carboxylic acids is 3. The van der Waals surface area contributed by atoms with Gasteiger partial charge in [-0.25, -0.2) is 0 Å². The average molecular weight is 340 g/mol. The van der Waals surface area contributed by atoms with Gasteiger partial charge < -0.3 is 20.4 Å². The quantitative estimate of drug-likeness (QED) is 0.477. The van der Waals surface area contributed by atoms with Crippen LogP contribution >= 0.6 is 0 Å². The Morgan fingerprint density at radius 1 is 0.840 bits per heavy atom. The number of fused-ring (bicyclic) bond motifs is 3. The van der Waals surface area contributed by atoms with E-state index in [1.807, 2.05) is 0 Å². The third-order valence-electron chi connectivity index (χ3n) is 4.67. The molecule has 0 radical (unpaired) electrons. The van der Waals surface area contributed by atoms with Crippen LogP contribution in [0.15, 0.2) is 24.3 Å². The molecule has 0 bridgehead atoms. The van der Waals surface area contributed by atoms with Crippen LogP contribution in [0.3, 0.4) is 0 Å². The zero-order valence-corrected chi connectivity index (χ0v) is 12.7. The first-order valence-electron chi connectivity index (χ1n) is 7.54. The first-order valence-corrected chi connectivity index (χ1v) is 7.54. The number of aliphatic hydroxyl groups is 2. The monoisotopic (exact) mass is 340 g/mol. The highest BCUT2D eigenvalue weighted by Gasteiger charge is 2.41. The maximum absolute atomic E-state index is 12.7. The van der Waals surface area contributed by atoms with Crippen molar-refractivity contribution in [2.45, 2.75) is 18.6 Å². The fourth-order valence-electron chi connectivity index (χ4n) is 3.49. The number of aliphatic hydroxyl groups excluding tert-OH is 2. The van der Waals surface area contributed by atoms with E-state index in [4.69, 9.17) is 0 Å². The molecule has 0 spiro atoms. The number of Topliss-reactive ketones (excluding diaryl/α,β-unsaturated/α-hetero) is 1. The lowest BCUT2D eigenvalue weighted by Crippen LogP contribution is -2.32. The van der Waals surface area contributed by atoms with E-state index in [1.165, 1.54) is 18.2 Å². The molecule has 4 N–H and O–H groups in total. The Balaban J connectivity index is 2.06. The minimum Gasteiger partial charge on any atom is -0.507 e. The molecule has 126 valence electrons. The number of rotatable bonds is 0. The summed E-state index contributed by atoms with van der Waals surface area (Å²) < 4.78 is 0. The van der Waals surface area contributed by atoms with E-state index in [1.54, 1.807) is 0 Å². The summed E-state index contributed by atoms with van der Waals surface area (Å²) in [6, 6.07) is 5.13. The van der Waals surface area contributed by atoms with Crippen LogP contribution in [0.1, 0.15) is 60.3 Å². The molecule has 0 aromatic heterocycles. The van der Waals surface area contributed by atoms with Crippen LogP contribution in [0.5, 0.6) is 11.5 Å². The second-order valence-electron chi connectivity index (χ2n) is 6.10. The van der Waals surface area contributed by atoms with Crippen molar-refractivity contribution in [2.24, 2.45) is 0 Å². The molecule has 2 aromatic carbocycles. The van der Waals surface area contributed by atoms with E-state index in [-0.39, 0.29) is 39.8 Å². The standard InChI is InChI=1S/C18H12O7/c19-9-3-1-2-6-12(9)17(24)14-8(15(6)22)4-7-13(18(14)25)10(20)5-11(21)16(7)23/h1-4,10-11,19-21,25H,5H2. The molecule has 2 aliphatic carbocycles. The zero-order chi connectivity index (χ0) is 18.0. The lowest BCUT2D eigenvalue weighted by molar-refractivity contribution is 0.0476. The Labute approximate surface area is 140 Å². The highest BCUT2D eigenvalue weighted by molar-refractivity contribution is 6.31. The SMILES string of the molecule is O=C1c2cccc(O)c2C(=O)c2c1cc1c(c2O)C(O)CC(O)C1=O. The Kier molecular flexibility index (Phi) is 3.09. The summed E-state index contributed by atoms with van der Waals surface area (Å²) in [7, 11) is 0. The van der Waals surface area contributed by atoms with Crippen molar-refractivity contribution in [3.8, 4) is 11.5 Å². The molecular weight excluding hydrogens is 328 g/mol. The van der Waals surface area contributed by atoms with E-state index in [9.17, 15) is 34.8 Å². The van der Waals surface area contributed by atoms with E-state index >= 15 is 0 Å². The van der Waals surface area contributed by atoms with Crippen LogP contribution in [0, 0.1) is 0 Å². The van der Waals surface area contributed by atoms with Gasteiger partial charge in [0.15, 0.2) is 11.6 Å². The zero-order valence-electron chi connectivity index (χ0n) is 12.7. The molecule has 0 heterocycles. The number of ketones is 3. The number of hydrogen-bond acceptors (Lipinski definition) is 7. The summed E-state index contributed by atoms with van der Waals surface area (Å²) in [6.45, 7) is 0. The first-order chi connectivity index (χ1) is 11.8. The number of phenols is 2. The van der Waals surface area contributed by atoms with Gasteiger partial charge in [-0.2, -0.15) is 0 Å². The summed E-state index contributed by atoms with van der Waals surface area (Å²) >= 11 is 0. The van der Waals surface area contributed by atoms with Crippen LogP contribution < -0.4 is 0 Å². The minimum absolute atomic E-state index is 0.0406. The van der Waals surface area contributed by atoms with Crippen LogP contribution in [-0.4, -0.2) is 43.9 Å². The van der Waals surface area contributed by atoms with Crippen molar-refractivity contribution in [3.05, 3.63) is 57.6 Å². The summed E-state index contributed by atoms with van der Waals surface area (Å²) in [5.41, 5.74) is -1.20. The lowest BCUT2D eigenvalue weighted by Gasteiger charge is -2.28. The molecule has 2 aromatic rings. The molecule has 2 unspecified atom stereocenters. The molecule has 2 atom stereocenters. The molecule has 0 saturated carbocycles. The fraction of sp³-hybridized carbons (Fsp3) is 0.167. The van der Waals surface area contributed by atoms with Crippen LogP contribution in [0.2, 0.25) is 0 Å². The van der Waals surface area contributed by atoms with E-state index in [0.29, 0.717) is 0 Å². The Morgan fingerprint density at radius 3 is 2.28 bits per heavy atom. The largest absolute Gasteiger partial charge is 0.507 e.